The van der Waals surface area contributed by atoms with E-state index in [-0.39, 0.29) is 65.3 Å². The van der Waals surface area contributed by atoms with E-state index in [1.807, 2.05) is 0 Å². The largest absolute Gasteiger partial charge is 3.00 e. The van der Waals surface area contributed by atoms with Crippen LogP contribution in [-0.2, 0) is 25.6 Å². The van der Waals surface area contributed by atoms with Crippen LogP contribution < -0.4 is 4.90 Å². The second-order valence-electron chi connectivity index (χ2n) is 10.7. The summed E-state index contributed by atoms with van der Waals surface area (Å²) in [6.07, 6.45) is 4.63. The predicted molar refractivity (Wildman–Crippen MR) is 162 cm³/mol. The van der Waals surface area contributed by atoms with E-state index in [9.17, 15) is 22.4 Å². The van der Waals surface area contributed by atoms with E-state index < -0.39 is 46.4 Å². The van der Waals surface area contributed by atoms with E-state index in [1.54, 1.807) is 43.1 Å². The Morgan fingerprint density at radius 2 is 1.61 bits per heavy atom. The van der Waals surface area contributed by atoms with Gasteiger partial charge in [0, 0.05) is 41.1 Å². The van der Waals surface area contributed by atoms with Gasteiger partial charge in [0.2, 0.25) is 0 Å². The Bertz CT molecular complexity index is 2020. The van der Waals surface area contributed by atoms with E-state index in [1.165, 1.54) is 47.3 Å². The molecule has 2 aliphatic rings. The van der Waals surface area contributed by atoms with Crippen LogP contribution in [0.4, 0.5) is 37.7 Å². The van der Waals surface area contributed by atoms with Gasteiger partial charge in [0.15, 0.2) is 0 Å². The Balaban J connectivity index is 0.000000409. The first kappa shape index (κ1) is 35.1. The summed E-state index contributed by atoms with van der Waals surface area (Å²) in [4.78, 5) is 22.6. The number of carboxylic acids is 1. The van der Waals surface area contributed by atoms with Crippen LogP contribution in [0.5, 0.6) is 0 Å². The van der Waals surface area contributed by atoms with Gasteiger partial charge in [0.25, 0.3) is 0 Å². The summed E-state index contributed by atoms with van der Waals surface area (Å²) < 4.78 is 89.0. The molecule has 0 bridgehead atoms. The third-order valence-corrected chi connectivity index (χ3v) is 7.69. The van der Waals surface area contributed by atoms with Crippen molar-refractivity contribution in [1.29, 1.82) is 0 Å². The number of pyridine rings is 2. The number of nitrogens with zero attached hydrogens (tertiary/aromatic N) is 5. The van der Waals surface area contributed by atoms with E-state index >= 15 is 8.78 Å². The Morgan fingerprint density at radius 3 is 2.24 bits per heavy atom. The smallest absolute Gasteiger partial charge is 0.511 e. The van der Waals surface area contributed by atoms with Gasteiger partial charge in [-0.15, -0.1) is 18.2 Å². The number of anilines is 2. The van der Waals surface area contributed by atoms with Gasteiger partial charge in [0.05, 0.1) is 16.9 Å². The van der Waals surface area contributed by atoms with Gasteiger partial charge in [-0.25, -0.2) is 27.3 Å². The summed E-state index contributed by atoms with van der Waals surface area (Å²) in [6.45, 7) is 1.55. The van der Waals surface area contributed by atoms with Gasteiger partial charge in [-0.1, -0.05) is 41.5 Å². The minimum absolute atomic E-state index is 0. The number of fused-ring (bicyclic) bond motifs is 2. The molecule has 0 fully saturated rings. The van der Waals surface area contributed by atoms with Crippen molar-refractivity contribution in [3.05, 3.63) is 162 Å². The van der Waals surface area contributed by atoms with Crippen molar-refractivity contribution in [2.75, 3.05) is 19.0 Å². The molecule has 4 heterocycles. The van der Waals surface area contributed by atoms with Crippen LogP contribution in [0.1, 0.15) is 27.3 Å². The molecule has 14 heteroatoms. The quantitative estimate of drug-likeness (QED) is 0.152. The van der Waals surface area contributed by atoms with Crippen LogP contribution in [-0.4, -0.2) is 44.9 Å². The maximum atomic E-state index is 15.5. The fraction of sp³-hybridized carbons (Fsp3) is 0.0857. The summed E-state index contributed by atoms with van der Waals surface area (Å²) in [5, 5.41) is 8.32. The number of rotatable bonds is 4. The maximum absolute atomic E-state index is 15.5. The van der Waals surface area contributed by atoms with E-state index in [2.05, 4.69) is 22.1 Å². The van der Waals surface area contributed by atoms with Crippen LogP contribution in [0.2, 0.25) is 0 Å². The topological polar surface area (TPSA) is 72.8 Å². The maximum Gasteiger partial charge on any atom is 3.00 e. The molecule has 0 aliphatic carbocycles. The zero-order valence-electron chi connectivity index (χ0n) is 25.4. The second kappa shape index (κ2) is 13.7. The van der Waals surface area contributed by atoms with Crippen molar-refractivity contribution in [3.63, 3.8) is 0 Å². The standard InChI is InChI=1S/C29H17F6N4.C6H5NO2.Ir/c1-37-8-9-39(15-37)29(26-5-3-4-25(36-26)19-7-6-16(30)12-22(19)33)20-10-17(31)13-23(34)27(20)38(2)28-21(29)11-18(32)14-24(28)35;8-6(9)5-3-1-2-4-7-5;/h3-6,8-10,12-15H,1-2H3;1-4H,(H,8,9);/q-3;;+3/t29-;;/m1../s1. The molecule has 0 amide bonds. The fourth-order valence-corrected chi connectivity index (χ4v) is 5.75. The SMILES string of the molecule is CN1C=CN([C@@]2(c3cccc(-c4[c-]cc(F)cc4F)n3)c3[c-]c(F)cc(F)c3N(C)c3c(F)cc(F)cc32)[CH-]1.O=C(O)c1ccccn1.[Ir+3]. The number of aromatic nitrogens is 2. The molecule has 0 unspecified atom stereocenters. The molecule has 2 aromatic heterocycles. The minimum atomic E-state index is -1.88. The van der Waals surface area contributed by atoms with Crippen LogP contribution in [0.15, 0.2) is 85.3 Å². The van der Waals surface area contributed by atoms with Crippen molar-refractivity contribution >= 4 is 17.3 Å². The van der Waals surface area contributed by atoms with Gasteiger partial charge in [-0.2, -0.15) is 6.67 Å². The Morgan fingerprint density at radius 1 is 0.878 bits per heavy atom. The Hall–Kier alpha value is -5.20. The Labute approximate surface area is 290 Å². The molecule has 3 aromatic carbocycles. The Kier molecular flexibility index (Phi) is 9.84. The fourth-order valence-electron chi connectivity index (χ4n) is 5.75. The first-order valence-corrected chi connectivity index (χ1v) is 14.1. The molecule has 7 rings (SSSR count). The second-order valence-corrected chi connectivity index (χ2v) is 10.7. The zero-order chi connectivity index (χ0) is 34.3. The van der Waals surface area contributed by atoms with Crippen molar-refractivity contribution in [3.8, 4) is 11.3 Å². The van der Waals surface area contributed by atoms with Crippen LogP contribution in [0, 0.1) is 53.7 Å². The minimum Gasteiger partial charge on any atom is -0.511 e. The van der Waals surface area contributed by atoms with Gasteiger partial charge < -0.3 is 19.8 Å². The summed E-state index contributed by atoms with van der Waals surface area (Å²) in [7, 11) is 3.06. The molecule has 0 spiro atoms. The van der Waals surface area contributed by atoms with Crippen molar-refractivity contribution in [1.82, 2.24) is 19.8 Å². The third-order valence-electron chi connectivity index (χ3n) is 7.69. The first-order chi connectivity index (χ1) is 22.9. The molecule has 5 aromatic rings. The van der Waals surface area contributed by atoms with Crippen molar-refractivity contribution in [2.45, 2.75) is 5.54 Å². The summed E-state index contributed by atoms with van der Waals surface area (Å²) in [6, 6.07) is 18.2. The van der Waals surface area contributed by atoms with Gasteiger partial charge in [0.1, 0.15) is 17.3 Å². The molecule has 1 atom stereocenters. The van der Waals surface area contributed by atoms with Gasteiger partial charge in [-0.05, 0) is 62.1 Å². The van der Waals surface area contributed by atoms with Gasteiger partial charge in [-0.3, -0.25) is 13.8 Å². The molecule has 49 heavy (non-hydrogen) atoms. The summed E-state index contributed by atoms with van der Waals surface area (Å²) >= 11 is 0. The number of carboxylic acid groups (broad SMARTS) is 1. The molecule has 0 radical (unpaired) electrons. The first-order valence-electron chi connectivity index (χ1n) is 14.1. The molecule has 7 nitrogen and oxygen atoms in total. The number of hydrogen-bond donors (Lipinski definition) is 1. The average Bonchev–Trinajstić information content (AvgIpc) is 3.47. The third kappa shape index (κ3) is 6.25. The van der Waals surface area contributed by atoms with Crippen molar-refractivity contribution in [2.24, 2.45) is 0 Å². The number of aromatic carboxylic acids is 1. The molecule has 1 N–H and O–H groups in total. The predicted octanol–water partition coefficient (Wildman–Crippen LogP) is 7.17. The summed E-state index contributed by atoms with van der Waals surface area (Å²) in [5.74, 6) is -6.75. The van der Waals surface area contributed by atoms with E-state index in [4.69, 9.17) is 5.11 Å². The molecule has 0 saturated heterocycles. The monoisotopic (exact) mass is 851 g/mol. The summed E-state index contributed by atoms with van der Waals surface area (Å²) in [5.41, 5.74) is -2.45. The number of hydrogen-bond acceptors (Lipinski definition) is 6. The number of halogens is 6. The van der Waals surface area contributed by atoms with Crippen LogP contribution >= 0.6 is 0 Å². The molecule has 2 aliphatic heterocycles. The van der Waals surface area contributed by atoms with Crippen LogP contribution in [0.3, 0.4) is 0 Å². The molecule has 0 saturated carbocycles. The van der Waals surface area contributed by atoms with Crippen LogP contribution in [0.25, 0.3) is 11.3 Å². The average molecular weight is 851 g/mol. The molecular formula is C35H22F6IrN5O2. The molecular weight excluding hydrogens is 829 g/mol. The van der Waals surface area contributed by atoms with E-state index in [0.717, 1.165) is 12.1 Å². The number of carbonyl (C=O) groups is 1. The zero-order valence-corrected chi connectivity index (χ0v) is 27.7. The number of benzene rings is 3. The normalized spacial score (nSPS) is 16.0. The van der Waals surface area contributed by atoms with E-state index in [0.29, 0.717) is 18.2 Å². The van der Waals surface area contributed by atoms with Gasteiger partial charge >= 0.3 is 26.1 Å². The molecule has 250 valence electrons. The van der Waals surface area contributed by atoms with Crippen molar-refractivity contribution < 1.29 is 56.3 Å².